The first-order valence-electron chi connectivity index (χ1n) is 21.4. The zero-order valence-electron chi connectivity index (χ0n) is 35.6. The van der Waals surface area contributed by atoms with Gasteiger partial charge in [-0.05, 0) is 109 Å². The van der Waals surface area contributed by atoms with Crippen molar-refractivity contribution in [1.29, 1.82) is 0 Å². The lowest BCUT2D eigenvalue weighted by Crippen LogP contribution is -2.47. The first kappa shape index (κ1) is 45.0. The van der Waals surface area contributed by atoms with E-state index in [0.717, 1.165) is 56.7 Å². The van der Waals surface area contributed by atoms with Crippen LogP contribution in [-0.4, -0.2) is 74.1 Å². The lowest BCUT2D eigenvalue weighted by molar-refractivity contribution is -0.384. The number of nitrogens with zero attached hydrogens (tertiary/aromatic N) is 4. The lowest BCUT2D eigenvalue weighted by atomic mass is 9.72. The van der Waals surface area contributed by atoms with E-state index in [0.29, 0.717) is 29.0 Å². The van der Waals surface area contributed by atoms with Crippen LogP contribution in [0.15, 0.2) is 102 Å². The van der Waals surface area contributed by atoms with E-state index in [1.54, 1.807) is 30.5 Å². The molecule has 2 heterocycles. The molecule has 5 aromatic rings. The Kier molecular flexibility index (Phi) is 12.7. The Morgan fingerprint density at radius 3 is 2.39 bits per heavy atom. The summed E-state index contributed by atoms with van der Waals surface area (Å²) in [5, 5.41) is 16.4. The molecule has 1 amide bonds. The van der Waals surface area contributed by atoms with Crippen molar-refractivity contribution in [2.75, 3.05) is 49.5 Å². The summed E-state index contributed by atoms with van der Waals surface area (Å²) < 4.78 is 72.4. The van der Waals surface area contributed by atoms with Gasteiger partial charge in [-0.3, -0.25) is 19.8 Å². The van der Waals surface area contributed by atoms with Crippen LogP contribution in [0.3, 0.4) is 0 Å². The largest absolute Gasteiger partial charge is 0.379 e. The number of sulfonamides is 1. The topological polar surface area (TPSA) is 139 Å². The predicted molar refractivity (Wildman–Crippen MR) is 242 cm³/mol. The number of hydrogen-bond donors (Lipinski definition) is 2. The summed E-state index contributed by atoms with van der Waals surface area (Å²) >= 11 is 6.23. The molecule has 12 nitrogen and oxygen atoms in total. The van der Waals surface area contributed by atoms with Gasteiger partial charge in [-0.2, -0.15) is 4.73 Å². The van der Waals surface area contributed by atoms with Crippen molar-refractivity contribution in [3.8, 4) is 5.75 Å². The van der Waals surface area contributed by atoms with Crippen LogP contribution >= 0.6 is 11.6 Å². The van der Waals surface area contributed by atoms with Gasteiger partial charge >= 0.3 is 0 Å². The van der Waals surface area contributed by atoms with Crippen LogP contribution in [0.25, 0.3) is 16.5 Å². The maximum absolute atomic E-state index is 14.4. The lowest BCUT2D eigenvalue weighted by Gasteiger charge is -2.39. The number of amides is 1. The molecule has 0 spiro atoms. The standard InChI is InChI=1S/C47H50ClF3N6O6S/c1-46(2)17-15-34(40(28-46)32-3-6-35(48)7-4-32)30-54-21-23-55(24-22-54)37-9-11-39(44(26-37)63-56-20-16-33-5-8-36(49)25-42(33)56)45(58)53-64(61,62)38-10-12-41(43(27-38)57(59)60)52-29-31-13-18-47(50,51)19-14-31/h3-12,16,20,25-27,31,52H,13-15,17-19,21-24,28-30H2,1-2H3,(H,53,58). The van der Waals surface area contributed by atoms with Gasteiger partial charge in [0.15, 0.2) is 5.75 Å². The Labute approximate surface area is 375 Å². The second-order valence-electron chi connectivity index (χ2n) is 17.9. The van der Waals surface area contributed by atoms with E-state index in [4.69, 9.17) is 16.4 Å². The number of benzene rings is 4. The number of rotatable bonds is 13. The van der Waals surface area contributed by atoms with E-state index in [2.05, 4.69) is 41.1 Å². The second-order valence-corrected chi connectivity index (χ2v) is 20.0. The number of nitrogens with one attached hydrogen (secondary N) is 2. The van der Waals surface area contributed by atoms with Crippen molar-refractivity contribution in [1.82, 2.24) is 14.4 Å². The molecule has 8 rings (SSSR count). The third-order valence-corrected chi connectivity index (χ3v) is 14.3. The molecule has 1 aliphatic heterocycles. The number of nitro benzene ring substituents is 1. The highest BCUT2D eigenvalue weighted by molar-refractivity contribution is 7.90. The average Bonchev–Trinajstić information content (AvgIpc) is 3.65. The van der Waals surface area contributed by atoms with Crippen LogP contribution in [0.5, 0.6) is 5.75 Å². The van der Waals surface area contributed by atoms with Crippen LogP contribution in [0.2, 0.25) is 5.02 Å². The monoisotopic (exact) mass is 918 g/mol. The number of halogens is 4. The molecule has 338 valence electrons. The molecule has 0 atom stereocenters. The zero-order valence-corrected chi connectivity index (χ0v) is 37.2. The molecular weight excluding hydrogens is 869 g/mol. The summed E-state index contributed by atoms with van der Waals surface area (Å²) in [6.07, 6.45) is 4.62. The Morgan fingerprint density at radius 1 is 0.938 bits per heavy atom. The van der Waals surface area contributed by atoms with Crippen molar-refractivity contribution < 1.29 is 36.1 Å². The van der Waals surface area contributed by atoms with Gasteiger partial charge in [0.25, 0.3) is 21.6 Å². The van der Waals surface area contributed by atoms with E-state index in [9.17, 15) is 36.5 Å². The third-order valence-electron chi connectivity index (χ3n) is 12.7. The SMILES string of the molecule is CC1(C)CCC(CN2CCN(c3ccc(C(=O)NS(=O)(=O)c4ccc(NCC5CCC(F)(F)CC5)c([N+](=O)[O-])c4)c(On4ccc5ccc(F)cc54)c3)CC2)=C(c2ccc(Cl)cc2)C1. The highest BCUT2D eigenvalue weighted by Gasteiger charge is 2.35. The molecule has 4 aromatic carbocycles. The van der Waals surface area contributed by atoms with Gasteiger partial charge in [0.05, 0.1) is 20.9 Å². The number of carbonyl (C=O) groups is 1. The van der Waals surface area contributed by atoms with Gasteiger partial charge in [-0.25, -0.2) is 26.3 Å². The number of anilines is 2. The Balaban J connectivity index is 1.01. The maximum atomic E-state index is 14.4. The molecule has 1 saturated heterocycles. The molecule has 1 aromatic heterocycles. The molecule has 2 N–H and O–H groups in total. The molecule has 3 aliphatic rings. The van der Waals surface area contributed by atoms with E-state index in [1.165, 1.54) is 45.7 Å². The summed E-state index contributed by atoms with van der Waals surface area (Å²) in [5.74, 6) is -4.44. The number of nitro groups is 1. The quantitative estimate of drug-likeness (QED) is 0.0873. The van der Waals surface area contributed by atoms with Gasteiger partial charge in [-0.15, -0.1) is 0 Å². The van der Waals surface area contributed by atoms with Crippen molar-refractivity contribution in [3.63, 3.8) is 0 Å². The minimum Gasteiger partial charge on any atom is -0.379 e. The van der Waals surface area contributed by atoms with E-state index in [1.807, 2.05) is 16.9 Å². The van der Waals surface area contributed by atoms with Crippen molar-refractivity contribution in [2.45, 2.75) is 69.6 Å². The molecule has 1 saturated carbocycles. The summed E-state index contributed by atoms with van der Waals surface area (Å²) in [4.78, 5) is 35.6. The molecule has 64 heavy (non-hydrogen) atoms. The highest BCUT2D eigenvalue weighted by Crippen LogP contribution is 2.44. The first-order valence-corrected chi connectivity index (χ1v) is 23.3. The van der Waals surface area contributed by atoms with Crippen molar-refractivity contribution >= 4 is 61.1 Å². The Hall–Kier alpha value is -5.58. The summed E-state index contributed by atoms with van der Waals surface area (Å²) in [7, 11) is -4.68. The van der Waals surface area contributed by atoms with Crippen LogP contribution in [0.1, 0.15) is 74.7 Å². The van der Waals surface area contributed by atoms with Gasteiger partial charge < -0.3 is 15.1 Å². The van der Waals surface area contributed by atoms with Crippen LogP contribution in [0, 0.1) is 27.3 Å². The number of piperazine rings is 1. The smallest absolute Gasteiger partial charge is 0.293 e. The number of hydrogen-bond acceptors (Lipinski definition) is 9. The third kappa shape index (κ3) is 10.3. The maximum Gasteiger partial charge on any atom is 0.293 e. The minimum atomic E-state index is -4.68. The van der Waals surface area contributed by atoms with Crippen molar-refractivity contribution in [3.05, 3.63) is 129 Å². The van der Waals surface area contributed by atoms with Gasteiger partial charge in [-0.1, -0.05) is 43.2 Å². The minimum absolute atomic E-state index is 0.0111. The van der Waals surface area contributed by atoms with Gasteiger partial charge in [0.2, 0.25) is 5.92 Å². The number of fused-ring (bicyclic) bond motifs is 1. The average molecular weight is 919 g/mol. The van der Waals surface area contributed by atoms with Crippen LogP contribution < -0.4 is 19.8 Å². The molecule has 17 heteroatoms. The van der Waals surface area contributed by atoms with Gasteiger partial charge in [0.1, 0.15) is 11.5 Å². The van der Waals surface area contributed by atoms with Crippen molar-refractivity contribution in [2.24, 2.45) is 11.3 Å². The second kappa shape index (κ2) is 18.1. The number of aromatic nitrogens is 1. The first-order chi connectivity index (χ1) is 30.4. The van der Waals surface area contributed by atoms with E-state index in [-0.39, 0.29) is 60.6 Å². The fraction of sp³-hybridized carbons (Fsp3) is 0.383. The molecule has 0 bridgehead atoms. The molecule has 0 radical (unpaired) electrons. The zero-order chi connectivity index (χ0) is 45.4. The number of alkyl halides is 2. The molecule has 2 fully saturated rings. The fourth-order valence-corrected chi connectivity index (χ4v) is 10.0. The number of allylic oxidation sites excluding steroid dienone is 1. The Bertz CT molecular complexity index is 2710. The van der Waals surface area contributed by atoms with Crippen LogP contribution in [0.4, 0.5) is 30.2 Å². The normalized spacial score (nSPS) is 18.2. The summed E-state index contributed by atoms with van der Waals surface area (Å²) in [6.45, 7) is 8.50. The predicted octanol–water partition coefficient (Wildman–Crippen LogP) is 10.3. The molecule has 2 aliphatic carbocycles. The fourth-order valence-electron chi connectivity index (χ4n) is 8.90. The Morgan fingerprint density at radius 2 is 1.67 bits per heavy atom. The summed E-state index contributed by atoms with van der Waals surface area (Å²) in [5.41, 5.74) is 4.60. The summed E-state index contributed by atoms with van der Waals surface area (Å²) in [6, 6.07) is 22.0. The molecule has 0 unspecified atom stereocenters. The highest BCUT2D eigenvalue weighted by atomic mass is 35.5. The van der Waals surface area contributed by atoms with E-state index >= 15 is 0 Å². The van der Waals surface area contributed by atoms with Gasteiger partial charge in [0, 0.05) is 92.6 Å². The number of carbonyl (C=O) groups excluding carboxylic acids is 1. The van der Waals surface area contributed by atoms with Crippen LogP contribution in [-0.2, 0) is 10.0 Å². The van der Waals surface area contributed by atoms with E-state index < -0.39 is 43.2 Å². The molecular formula is C47H50ClF3N6O6S.